The number of nitrogens with zero attached hydrogens (tertiary/aromatic N) is 2. The second kappa shape index (κ2) is 4.80. The zero-order valence-electron chi connectivity index (χ0n) is 9.46. The van der Waals surface area contributed by atoms with Gasteiger partial charge in [-0.25, -0.2) is 0 Å². The summed E-state index contributed by atoms with van der Waals surface area (Å²) in [5.41, 5.74) is 6.13. The summed E-state index contributed by atoms with van der Waals surface area (Å²) in [6.07, 6.45) is 3.27. The van der Waals surface area contributed by atoms with Crippen molar-refractivity contribution in [1.29, 1.82) is 0 Å². The van der Waals surface area contributed by atoms with E-state index in [9.17, 15) is 4.79 Å². The summed E-state index contributed by atoms with van der Waals surface area (Å²) < 4.78 is 5.30. The van der Waals surface area contributed by atoms with Gasteiger partial charge in [0, 0.05) is 13.2 Å². The molecule has 0 bridgehead atoms. The number of carbonyl (C=O) groups is 1. The maximum atomic E-state index is 12.0. The first-order chi connectivity index (χ1) is 8.22. The van der Waals surface area contributed by atoms with Gasteiger partial charge < -0.3 is 15.1 Å². The lowest BCUT2D eigenvalue weighted by molar-refractivity contribution is 0.0964. The molecular formula is C12H13N3O2. The lowest BCUT2D eigenvalue weighted by atomic mass is 10.3. The molecule has 0 saturated heterocycles. The van der Waals surface area contributed by atoms with E-state index in [1.807, 2.05) is 0 Å². The molecule has 2 rings (SSSR count). The number of carbonyl (C=O) groups excluding carboxylic acids is 1. The fourth-order valence-corrected chi connectivity index (χ4v) is 1.44. The van der Waals surface area contributed by atoms with Crippen LogP contribution in [0.25, 0.3) is 0 Å². The fraction of sp³-hybridized carbons (Fsp3) is 0.167. The average Bonchev–Trinajstić information content (AvgIpc) is 2.87. The number of rotatable bonds is 3. The lowest BCUT2D eigenvalue weighted by Gasteiger charge is -2.14. The molecule has 2 heterocycles. The van der Waals surface area contributed by atoms with Gasteiger partial charge in [0.15, 0.2) is 5.76 Å². The van der Waals surface area contributed by atoms with Crippen LogP contribution in [0.15, 0.2) is 41.1 Å². The van der Waals surface area contributed by atoms with Crippen molar-refractivity contribution >= 4 is 11.6 Å². The first-order valence-corrected chi connectivity index (χ1v) is 5.19. The maximum absolute atomic E-state index is 12.0. The molecule has 1 amide bonds. The van der Waals surface area contributed by atoms with Gasteiger partial charge in [-0.05, 0) is 24.3 Å². The van der Waals surface area contributed by atoms with Crippen molar-refractivity contribution in [3.8, 4) is 0 Å². The van der Waals surface area contributed by atoms with E-state index >= 15 is 0 Å². The van der Waals surface area contributed by atoms with Crippen LogP contribution in [0.5, 0.6) is 0 Å². The summed E-state index contributed by atoms with van der Waals surface area (Å²) in [5, 5.41) is 0. The van der Waals surface area contributed by atoms with Crippen molar-refractivity contribution in [2.75, 3.05) is 11.9 Å². The maximum Gasteiger partial charge on any atom is 0.293 e. The molecule has 0 fully saturated rings. The fourth-order valence-electron chi connectivity index (χ4n) is 1.44. The Bertz CT molecular complexity index is 507. The van der Waals surface area contributed by atoms with Crippen molar-refractivity contribution < 1.29 is 9.21 Å². The van der Waals surface area contributed by atoms with Crippen molar-refractivity contribution in [3.63, 3.8) is 0 Å². The summed E-state index contributed by atoms with van der Waals surface area (Å²) in [6.45, 7) is 0.282. The zero-order chi connectivity index (χ0) is 12.3. The molecular weight excluding hydrogens is 218 g/mol. The number of hydrogen-bond donors (Lipinski definition) is 1. The number of amides is 1. The van der Waals surface area contributed by atoms with Gasteiger partial charge in [0.25, 0.3) is 5.91 Å². The quantitative estimate of drug-likeness (QED) is 0.866. The van der Waals surface area contributed by atoms with Crippen LogP contribution in [0, 0.1) is 0 Å². The molecule has 5 heteroatoms. The molecule has 2 N–H and O–H groups in total. The molecule has 0 spiro atoms. The second-order valence-corrected chi connectivity index (χ2v) is 3.55. The predicted molar refractivity (Wildman–Crippen MR) is 63.6 cm³/mol. The van der Waals surface area contributed by atoms with Gasteiger partial charge in [0.1, 0.15) is 5.76 Å². The van der Waals surface area contributed by atoms with E-state index in [1.165, 1.54) is 4.90 Å². The third-order valence-corrected chi connectivity index (χ3v) is 2.41. The Morgan fingerprint density at radius 3 is 2.88 bits per heavy atom. The number of aromatic nitrogens is 1. The Labute approximate surface area is 98.9 Å². The molecule has 2 aromatic heterocycles. The van der Waals surface area contributed by atoms with E-state index in [4.69, 9.17) is 10.2 Å². The summed E-state index contributed by atoms with van der Waals surface area (Å²) >= 11 is 0. The van der Waals surface area contributed by atoms with Crippen LogP contribution in [0.2, 0.25) is 0 Å². The van der Waals surface area contributed by atoms with Gasteiger partial charge >= 0.3 is 0 Å². The molecule has 5 nitrogen and oxygen atoms in total. The summed E-state index contributed by atoms with van der Waals surface area (Å²) in [6, 6.07) is 6.89. The lowest BCUT2D eigenvalue weighted by Crippen LogP contribution is -2.25. The number of anilines is 1. The minimum Gasteiger partial charge on any atom is -0.455 e. The van der Waals surface area contributed by atoms with Crippen molar-refractivity contribution in [1.82, 2.24) is 4.98 Å². The Balaban J connectivity index is 2.20. The van der Waals surface area contributed by atoms with Crippen molar-refractivity contribution in [2.24, 2.45) is 5.73 Å². The molecule has 0 saturated carbocycles. The van der Waals surface area contributed by atoms with Gasteiger partial charge in [-0.15, -0.1) is 0 Å². The minimum absolute atomic E-state index is 0.224. The minimum atomic E-state index is -0.224. The van der Waals surface area contributed by atoms with Gasteiger partial charge in [-0.3, -0.25) is 9.78 Å². The molecule has 0 atom stereocenters. The molecule has 17 heavy (non-hydrogen) atoms. The van der Waals surface area contributed by atoms with Crippen LogP contribution in [-0.2, 0) is 6.54 Å². The van der Waals surface area contributed by atoms with Crippen LogP contribution < -0.4 is 10.6 Å². The Kier molecular flexibility index (Phi) is 3.20. The molecule has 88 valence electrons. The van der Waals surface area contributed by atoms with Crippen molar-refractivity contribution in [3.05, 3.63) is 48.2 Å². The third-order valence-electron chi connectivity index (χ3n) is 2.41. The van der Waals surface area contributed by atoms with Gasteiger partial charge in [-0.1, -0.05) is 0 Å². The molecule has 0 aromatic carbocycles. The van der Waals surface area contributed by atoms with E-state index in [-0.39, 0.29) is 18.2 Å². The standard InChI is InChI=1S/C12H13N3O2/c1-15(9-3-2-6-14-8-9)12(16)11-5-4-10(7-13)17-11/h2-6,8H,7,13H2,1H3. The predicted octanol–water partition coefficient (Wildman–Crippen LogP) is 1.41. The number of pyridine rings is 1. The summed E-state index contributed by atoms with van der Waals surface area (Å²) in [5.74, 6) is 0.641. The highest BCUT2D eigenvalue weighted by molar-refractivity contribution is 6.03. The van der Waals surface area contributed by atoms with Gasteiger partial charge in [0.05, 0.1) is 18.4 Å². The van der Waals surface area contributed by atoms with Gasteiger partial charge in [0.2, 0.25) is 0 Å². The Hall–Kier alpha value is -2.14. The molecule has 0 aliphatic rings. The zero-order valence-corrected chi connectivity index (χ0v) is 9.46. The first-order valence-electron chi connectivity index (χ1n) is 5.19. The van der Waals surface area contributed by atoms with E-state index < -0.39 is 0 Å². The van der Waals surface area contributed by atoms with E-state index in [0.29, 0.717) is 11.4 Å². The van der Waals surface area contributed by atoms with Crippen LogP contribution in [0.4, 0.5) is 5.69 Å². The summed E-state index contributed by atoms with van der Waals surface area (Å²) in [4.78, 5) is 17.5. The molecule has 2 aromatic rings. The monoisotopic (exact) mass is 231 g/mol. The normalized spacial score (nSPS) is 10.2. The second-order valence-electron chi connectivity index (χ2n) is 3.55. The highest BCUT2D eigenvalue weighted by Crippen LogP contribution is 2.15. The molecule has 0 aliphatic heterocycles. The smallest absolute Gasteiger partial charge is 0.293 e. The Morgan fingerprint density at radius 1 is 1.47 bits per heavy atom. The van der Waals surface area contributed by atoms with Crippen LogP contribution in [0.1, 0.15) is 16.3 Å². The third kappa shape index (κ3) is 2.34. The van der Waals surface area contributed by atoms with E-state index in [1.54, 1.807) is 43.7 Å². The SMILES string of the molecule is CN(C(=O)c1ccc(CN)o1)c1cccnc1. The summed E-state index contributed by atoms with van der Waals surface area (Å²) in [7, 11) is 1.67. The molecule has 0 unspecified atom stereocenters. The highest BCUT2D eigenvalue weighted by atomic mass is 16.4. The van der Waals surface area contributed by atoms with Crippen LogP contribution in [0.3, 0.4) is 0 Å². The average molecular weight is 231 g/mol. The number of hydrogen-bond acceptors (Lipinski definition) is 4. The molecule has 0 radical (unpaired) electrons. The van der Waals surface area contributed by atoms with Gasteiger partial charge in [-0.2, -0.15) is 0 Å². The van der Waals surface area contributed by atoms with Crippen LogP contribution in [-0.4, -0.2) is 17.9 Å². The highest BCUT2D eigenvalue weighted by Gasteiger charge is 2.17. The topological polar surface area (TPSA) is 72.4 Å². The largest absolute Gasteiger partial charge is 0.455 e. The van der Waals surface area contributed by atoms with E-state index in [2.05, 4.69) is 4.98 Å². The van der Waals surface area contributed by atoms with E-state index in [0.717, 1.165) is 0 Å². The van der Waals surface area contributed by atoms with Crippen LogP contribution >= 0.6 is 0 Å². The number of nitrogens with two attached hydrogens (primary N) is 1. The Morgan fingerprint density at radius 2 is 2.29 bits per heavy atom. The molecule has 0 aliphatic carbocycles. The van der Waals surface area contributed by atoms with Crippen molar-refractivity contribution in [2.45, 2.75) is 6.54 Å². The first kappa shape index (κ1) is 11.3. The number of furan rings is 1.